The summed E-state index contributed by atoms with van der Waals surface area (Å²) in [6, 6.07) is 11.8. The molecule has 158 valence electrons. The second-order valence-corrected chi connectivity index (χ2v) is 7.72. The van der Waals surface area contributed by atoms with Gasteiger partial charge in [0.15, 0.2) is 11.5 Å². The van der Waals surface area contributed by atoms with E-state index in [0.29, 0.717) is 33.7 Å². The summed E-state index contributed by atoms with van der Waals surface area (Å²) >= 11 is 5.80. The summed E-state index contributed by atoms with van der Waals surface area (Å²) in [6.45, 7) is 3.63. The van der Waals surface area contributed by atoms with Gasteiger partial charge in [0.25, 0.3) is 5.56 Å². The highest BCUT2D eigenvalue weighted by Gasteiger charge is 2.16. The number of methoxy groups -OCH3 is 1. The molecule has 2 heterocycles. The van der Waals surface area contributed by atoms with Crippen LogP contribution in [0.4, 0.5) is 0 Å². The number of benzene rings is 1. The summed E-state index contributed by atoms with van der Waals surface area (Å²) < 4.78 is 18.1. The summed E-state index contributed by atoms with van der Waals surface area (Å²) in [6.07, 6.45) is 3.17. The van der Waals surface area contributed by atoms with E-state index in [4.69, 9.17) is 25.8 Å². The van der Waals surface area contributed by atoms with Crippen molar-refractivity contribution < 1.29 is 19.3 Å². The van der Waals surface area contributed by atoms with Gasteiger partial charge in [-0.3, -0.25) is 9.36 Å². The van der Waals surface area contributed by atoms with Crippen molar-refractivity contribution in [3.63, 3.8) is 0 Å². The molecule has 0 saturated heterocycles. The Kier molecular flexibility index (Phi) is 6.64. The second-order valence-electron chi connectivity index (χ2n) is 7.28. The first kappa shape index (κ1) is 21.7. The molecule has 0 fully saturated rings. The highest BCUT2D eigenvalue weighted by Crippen LogP contribution is 2.30. The van der Waals surface area contributed by atoms with Gasteiger partial charge in [0, 0.05) is 30.6 Å². The van der Waals surface area contributed by atoms with Crippen molar-refractivity contribution >= 4 is 11.6 Å². The zero-order valence-corrected chi connectivity index (χ0v) is 17.7. The SMILES string of the molecule is COc1cc(-n2ccc(COc3ccc(Cl)cn3)cc2=O)ccc1OCC(C)(C)O. The average Bonchev–Trinajstić information content (AvgIpc) is 2.71. The minimum Gasteiger partial charge on any atom is -0.493 e. The first-order chi connectivity index (χ1) is 14.2. The molecule has 8 heteroatoms. The summed E-state index contributed by atoms with van der Waals surface area (Å²) in [5.74, 6) is 1.37. The molecule has 0 saturated carbocycles. The third-order valence-corrected chi connectivity index (χ3v) is 4.30. The van der Waals surface area contributed by atoms with Crippen LogP contribution in [0.1, 0.15) is 19.4 Å². The number of nitrogens with zero attached hydrogens (tertiary/aromatic N) is 2. The quantitative estimate of drug-likeness (QED) is 0.587. The zero-order valence-electron chi connectivity index (χ0n) is 17.0. The molecule has 7 nitrogen and oxygen atoms in total. The molecule has 0 aliphatic carbocycles. The minimum absolute atomic E-state index is 0.111. The van der Waals surface area contributed by atoms with Gasteiger partial charge >= 0.3 is 0 Å². The van der Waals surface area contributed by atoms with Crippen molar-refractivity contribution in [2.45, 2.75) is 26.1 Å². The van der Waals surface area contributed by atoms with Crippen LogP contribution in [0.25, 0.3) is 5.69 Å². The van der Waals surface area contributed by atoms with Gasteiger partial charge in [-0.1, -0.05) is 11.6 Å². The van der Waals surface area contributed by atoms with E-state index in [1.54, 1.807) is 56.4 Å². The average molecular weight is 431 g/mol. The lowest BCUT2D eigenvalue weighted by Gasteiger charge is -2.19. The van der Waals surface area contributed by atoms with E-state index in [0.717, 1.165) is 0 Å². The fourth-order valence-corrected chi connectivity index (χ4v) is 2.72. The number of pyridine rings is 2. The standard InChI is InChI=1S/C22H23ClN2O5/c1-22(2,27)14-30-18-6-5-17(11-19(18)28-3)25-9-8-15(10-21(25)26)13-29-20-7-4-16(23)12-24-20/h4-12,27H,13-14H2,1-3H3. The smallest absolute Gasteiger partial charge is 0.255 e. The van der Waals surface area contributed by atoms with Crippen molar-refractivity contribution in [3.8, 4) is 23.1 Å². The molecule has 0 spiro atoms. The lowest BCUT2D eigenvalue weighted by molar-refractivity contribution is 0.0276. The van der Waals surface area contributed by atoms with Crippen LogP contribution in [0.3, 0.4) is 0 Å². The normalized spacial score (nSPS) is 11.2. The van der Waals surface area contributed by atoms with Crippen LogP contribution in [0, 0.1) is 0 Å². The van der Waals surface area contributed by atoms with Crippen LogP contribution in [-0.4, -0.2) is 34.0 Å². The molecule has 0 aliphatic heterocycles. The topological polar surface area (TPSA) is 82.8 Å². The van der Waals surface area contributed by atoms with Crippen molar-refractivity contribution in [2.75, 3.05) is 13.7 Å². The van der Waals surface area contributed by atoms with Crippen molar-refractivity contribution in [2.24, 2.45) is 0 Å². The van der Waals surface area contributed by atoms with Gasteiger partial charge in [0.2, 0.25) is 5.88 Å². The summed E-state index contributed by atoms with van der Waals surface area (Å²) in [5.41, 5.74) is 0.150. The fourth-order valence-electron chi connectivity index (χ4n) is 2.61. The van der Waals surface area contributed by atoms with Crippen molar-refractivity contribution in [1.82, 2.24) is 9.55 Å². The van der Waals surface area contributed by atoms with Crippen LogP contribution in [0.2, 0.25) is 5.02 Å². The zero-order chi connectivity index (χ0) is 21.7. The molecule has 0 aliphatic rings. The molecule has 2 aromatic heterocycles. The van der Waals surface area contributed by atoms with Gasteiger partial charge in [0.05, 0.1) is 23.4 Å². The lowest BCUT2D eigenvalue weighted by atomic mass is 10.2. The Morgan fingerprint density at radius 1 is 1.10 bits per heavy atom. The Labute approximate surface area is 179 Å². The number of rotatable bonds is 8. The van der Waals surface area contributed by atoms with Crippen LogP contribution >= 0.6 is 11.6 Å². The molecule has 3 rings (SSSR count). The molecule has 1 N–H and O–H groups in total. The lowest BCUT2D eigenvalue weighted by Crippen LogP contribution is -2.28. The summed E-state index contributed by atoms with van der Waals surface area (Å²) in [4.78, 5) is 16.7. The van der Waals surface area contributed by atoms with Gasteiger partial charge < -0.3 is 19.3 Å². The maximum absolute atomic E-state index is 12.6. The molecule has 0 atom stereocenters. The molecule has 0 amide bonds. The first-order valence-electron chi connectivity index (χ1n) is 9.25. The first-order valence-corrected chi connectivity index (χ1v) is 9.62. The van der Waals surface area contributed by atoms with Gasteiger partial charge in [-0.15, -0.1) is 0 Å². The van der Waals surface area contributed by atoms with E-state index in [1.165, 1.54) is 23.9 Å². The van der Waals surface area contributed by atoms with E-state index in [9.17, 15) is 9.90 Å². The van der Waals surface area contributed by atoms with E-state index in [2.05, 4.69) is 4.98 Å². The second kappa shape index (κ2) is 9.19. The number of hydrogen-bond donors (Lipinski definition) is 1. The predicted octanol–water partition coefficient (Wildman–Crippen LogP) is 3.62. The highest BCUT2D eigenvalue weighted by molar-refractivity contribution is 6.30. The number of hydrogen-bond acceptors (Lipinski definition) is 6. The van der Waals surface area contributed by atoms with Crippen molar-refractivity contribution in [1.29, 1.82) is 0 Å². The van der Waals surface area contributed by atoms with E-state index in [1.807, 2.05) is 0 Å². The molecular weight excluding hydrogens is 408 g/mol. The molecule has 0 bridgehead atoms. The molecule has 1 aromatic carbocycles. The predicted molar refractivity (Wildman–Crippen MR) is 114 cm³/mol. The Morgan fingerprint density at radius 3 is 2.53 bits per heavy atom. The largest absolute Gasteiger partial charge is 0.493 e. The van der Waals surface area contributed by atoms with Crippen LogP contribution < -0.4 is 19.8 Å². The Hall–Kier alpha value is -3.03. The molecule has 3 aromatic rings. The minimum atomic E-state index is -0.972. The van der Waals surface area contributed by atoms with Crippen LogP contribution in [-0.2, 0) is 6.61 Å². The third kappa shape index (κ3) is 5.75. The fraction of sp³-hybridized carbons (Fsp3) is 0.273. The van der Waals surface area contributed by atoms with Crippen LogP contribution in [0.5, 0.6) is 17.4 Å². The van der Waals surface area contributed by atoms with Crippen molar-refractivity contribution in [3.05, 3.63) is 75.8 Å². The van der Waals surface area contributed by atoms with Gasteiger partial charge in [-0.05, 0) is 43.7 Å². The number of halogens is 1. The highest BCUT2D eigenvalue weighted by atomic mass is 35.5. The molecule has 0 radical (unpaired) electrons. The molecule has 0 unspecified atom stereocenters. The Balaban J connectivity index is 1.75. The van der Waals surface area contributed by atoms with E-state index >= 15 is 0 Å². The molecular formula is C22H23ClN2O5. The number of ether oxygens (including phenoxy) is 3. The van der Waals surface area contributed by atoms with Crippen LogP contribution in [0.15, 0.2) is 59.7 Å². The summed E-state index contributed by atoms with van der Waals surface area (Å²) in [5, 5.41) is 10.4. The maximum atomic E-state index is 12.6. The van der Waals surface area contributed by atoms with E-state index in [-0.39, 0.29) is 18.8 Å². The van der Waals surface area contributed by atoms with E-state index < -0.39 is 5.60 Å². The third-order valence-electron chi connectivity index (χ3n) is 4.08. The van der Waals surface area contributed by atoms with Gasteiger partial charge in [-0.25, -0.2) is 4.98 Å². The molecule has 30 heavy (non-hydrogen) atoms. The monoisotopic (exact) mass is 430 g/mol. The van der Waals surface area contributed by atoms with Gasteiger partial charge in [-0.2, -0.15) is 0 Å². The summed E-state index contributed by atoms with van der Waals surface area (Å²) in [7, 11) is 1.52. The number of aromatic nitrogens is 2. The maximum Gasteiger partial charge on any atom is 0.255 e. The number of aliphatic hydroxyl groups is 1. The Bertz CT molecular complexity index is 1060. The van der Waals surface area contributed by atoms with Gasteiger partial charge in [0.1, 0.15) is 13.2 Å². The Morgan fingerprint density at radius 2 is 1.90 bits per heavy atom.